The molecule has 0 aromatic heterocycles. The van der Waals surface area contributed by atoms with Crippen molar-refractivity contribution in [2.75, 3.05) is 32.7 Å². The van der Waals surface area contributed by atoms with E-state index in [-0.39, 0.29) is 42.9 Å². The lowest BCUT2D eigenvalue weighted by molar-refractivity contribution is -0.139. The van der Waals surface area contributed by atoms with Gasteiger partial charge in [0.1, 0.15) is 5.75 Å². The van der Waals surface area contributed by atoms with Crippen LogP contribution in [0.25, 0.3) is 0 Å². The number of hydrogen-bond acceptors (Lipinski definition) is 9. The third-order valence-electron chi connectivity index (χ3n) is 6.90. The van der Waals surface area contributed by atoms with Gasteiger partial charge in [-0.3, -0.25) is 29.3 Å². The molecule has 0 spiro atoms. The molecule has 4 atom stereocenters. The van der Waals surface area contributed by atoms with Gasteiger partial charge < -0.3 is 31.7 Å². The summed E-state index contributed by atoms with van der Waals surface area (Å²) in [4.78, 5) is 64.9. The number of phenols is 1. The van der Waals surface area contributed by atoms with Crippen LogP contribution in [0.1, 0.15) is 38.2 Å². The first-order valence-corrected chi connectivity index (χ1v) is 13.1. The number of benzene rings is 1. The average molecular weight is 531 g/mol. The van der Waals surface area contributed by atoms with Crippen LogP contribution in [-0.2, 0) is 30.4 Å². The molecule has 2 heterocycles. The van der Waals surface area contributed by atoms with Crippen molar-refractivity contribution >= 4 is 29.3 Å². The quantitative estimate of drug-likeness (QED) is 0.260. The number of aromatic hydroxyl groups is 1. The highest BCUT2D eigenvalue weighted by Crippen LogP contribution is 2.21. The maximum atomic E-state index is 13.6. The summed E-state index contributed by atoms with van der Waals surface area (Å²) in [7, 11) is 0. The van der Waals surface area contributed by atoms with E-state index in [4.69, 9.17) is 5.73 Å². The van der Waals surface area contributed by atoms with Gasteiger partial charge in [0.05, 0.1) is 43.8 Å². The molecule has 3 amide bonds. The molecule has 0 bridgehead atoms. The van der Waals surface area contributed by atoms with E-state index in [2.05, 4.69) is 21.3 Å². The van der Waals surface area contributed by atoms with Gasteiger partial charge in [0.2, 0.25) is 17.7 Å². The molecule has 1 aromatic carbocycles. The number of carbonyl (C=O) groups is 5. The molecule has 12 nitrogen and oxygen atoms in total. The second kappa shape index (κ2) is 14.0. The molecule has 0 aliphatic carbocycles. The summed E-state index contributed by atoms with van der Waals surface area (Å²) in [5, 5.41) is 21.2. The third-order valence-corrected chi connectivity index (χ3v) is 6.90. The van der Waals surface area contributed by atoms with Gasteiger partial charge >= 0.3 is 0 Å². The average Bonchev–Trinajstić information content (AvgIpc) is 3.37. The summed E-state index contributed by atoms with van der Waals surface area (Å²) in [6.07, 6.45) is 2.46. The molecule has 2 aliphatic heterocycles. The fourth-order valence-corrected chi connectivity index (χ4v) is 4.91. The number of nitrogens with zero attached hydrogens (tertiary/aromatic N) is 1. The number of nitrogens with one attached hydrogen (secondary N) is 4. The van der Waals surface area contributed by atoms with Crippen LogP contribution in [0, 0.1) is 0 Å². The normalized spacial score (nSPS) is 26.5. The number of primary amides is 1. The largest absolute Gasteiger partial charge is 0.508 e. The smallest absolute Gasteiger partial charge is 0.240 e. The molecule has 3 rings (SSSR count). The van der Waals surface area contributed by atoms with Gasteiger partial charge in [-0.2, -0.15) is 0 Å². The topological polar surface area (TPSA) is 183 Å². The minimum absolute atomic E-state index is 0.0803. The van der Waals surface area contributed by atoms with Crippen molar-refractivity contribution in [1.29, 1.82) is 0 Å². The fourth-order valence-electron chi connectivity index (χ4n) is 4.91. The number of hydrogen-bond donors (Lipinski definition) is 6. The number of amides is 3. The molecule has 2 saturated heterocycles. The first-order valence-electron chi connectivity index (χ1n) is 13.1. The predicted octanol–water partition coefficient (Wildman–Crippen LogP) is -1.65. The Balaban J connectivity index is 1.81. The van der Waals surface area contributed by atoms with E-state index < -0.39 is 36.0 Å². The van der Waals surface area contributed by atoms with E-state index in [1.165, 1.54) is 0 Å². The van der Waals surface area contributed by atoms with E-state index in [1.807, 2.05) is 0 Å². The van der Waals surface area contributed by atoms with Gasteiger partial charge in [-0.25, -0.2) is 0 Å². The summed E-state index contributed by atoms with van der Waals surface area (Å²) >= 11 is 0. The summed E-state index contributed by atoms with van der Waals surface area (Å²) < 4.78 is 0. The summed E-state index contributed by atoms with van der Waals surface area (Å²) in [5.41, 5.74) is 6.09. The van der Waals surface area contributed by atoms with Crippen molar-refractivity contribution in [3.63, 3.8) is 0 Å². The molecule has 2 aliphatic rings. The lowest BCUT2D eigenvalue weighted by Gasteiger charge is -2.29. The predicted molar refractivity (Wildman–Crippen MR) is 139 cm³/mol. The van der Waals surface area contributed by atoms with Gasteiger partial charge in [0.15, 0.2) is 11.6 Å². The third kappa shape index (κ3) is 8.33. The standard InChI is InChI=1S/C26H38N6O6/c1-16-25(37)19(30-14-23(27)35)4-2-10-29-20(12-17-6-8-18(33)9-7-17)26(38)32-11-3-5-21(32)22(34)13-28-15-24(36)31-16/h6-9,16,19-21,28-30,33H,2-5,10-15H2,1H3,(H2,27,35)(H,31,36)/t16-,19?,20+,21+/m1/s1. The summed E-state index contributed by atoms with van der Waals surface area (Å²) in [6.45, 7) is 2.00. The summed E-state index contributed by atoms with van der Waals surface area (Å²) in [5.74, 6) is -1.57. The van der Waals surface area contributed by atoms with Crippen LogP contribution in [0.3, 0.4) is 0 Å². The van der Waals surface area contributed by atoms with E-state index in [9.17, 15) is 29.1 Å². The second-order valence-corrected chi connectivity index (χ2v) is 9.87. The number of nitrogens with two attached hydrogens (primary N) is 1. The van der Waals surface area contributed by atoms with Crippen LogP contribution in [0.15, 0.2) is 24.3 Å². The molecule has 2 fully saturated rings. The highest BCUT2D eigenvalue weighted by atomic mass is 16.3. The van der Waals surface area contributed by atoms with E-state index in [0.717, 1.165) is 5.56 Å². The van der Waals surface area contributed by atoms with Gasteiger partial charge in [-0.15, -0.1) is 0 Å². The Morgan fingerprint density at radius 2 is 1.84 bits per heavy atom. The number of carbonyl (C=O) groups excluding carboxylic acids is 5. The second-order valence-electron chi connectivity index (χ2n) is 9.87. The number of rotatable bonds is 5. The minimum atomic E-state index is -0.817. The highest BCUT2D eigenvalue weighted by molar-refractivity contribution is 5.94. The number of fused-ring (bicyclic) bond motifs is 1. The number of phenolic OH excluding ortho intramolecular Hbond substituents is 1. The van der Waals surface area contributed by atoms with E-state index >= 15 is 0 Å². The molecule has 12 heteroatoms. The zero-order valence-electron chi connectivity index (χ0n) is 21.7. The molecule has 38 heavy (non-hydrogen) atoms. The van der Waals surface area contributed by atoms with E-state index in [1.54, 1.807) is 36.1 Å². The molecule has 208 valence electrons. The molecule has 1 unspecified atom stereocenters. The molecular formula is C26H38N6O6. The van der Waals surface area contributed by atoms with Crippen LogP contribution >= 0.6 is 0 Å². The van der Waals surface area contributed by atoms with Crippen molar-refractivity contribution in [2.24, 2.45) is 5.73 Å². The molecule has 7 N–H and O–H groups in total. The Bertz CT molecular complexity index is 1020. The lowest BCUT2D eigenvalue weighted by Crippen LogP contribution is -2.52. The number of ketones is 2. The van der Waals surface area contributed by atoms with Gasteiger partial charge in [0.25, 0.3) is 0 Å². The van der Waals surface area contributed by atoms with Crippen LogP contribution in [0.2, 0.25) is 0 Å². The summed E-state index contributed by atoms with van der Waals surface area (Å²) in [6, 6.07) is 3.88. The van der Waals surface area contributed by atoms with Crippen LogP contribution in [-0.4, -0.2) is 96.2 Å². The van der Waals surface area contributed by atoms with Crippen molar-refractivity contribution in [1.82, 2.24) is 26.2 Å². The van der Waals surface area contributed by atoms with Crippen LogP contribution in [0.4, 0.5) is 0 Å². The lowest BCUT2D eigenvalue weighted by atomic mass is 10.0. The van der Waals surface area contributed by atoms with Crippen molar-refractivity contribution < 1.29 is 29.1 Å². The van der Waals surface area contributed by atoms with Crippen molar-refractivity contribution in [2.45, 2.75) is 63.2 Å². The zero-order valence-corrected chi connectivity index (χ0v) is 21.7. The fraction of sp³-hybridized carbons (Fsp3) is 0.577. The Labute approximate surface area is 222 Å². The van der Waals surface area contributed by atoms with E-state index in [0.29, 0.717) is 45.2 Å². The Morgan fingerprint density at radius 3 is 2.55 bits per heavy atom. The molecule has 0 saturated carbocycles. The van der Waals surface area contributed by atoms with Crippen molar-refractivity contribution in [3.05, 3.63) is 29.8 Å². The van der Waals surface area contributed by atoms with Crippen LogP contribution in [0.5, 0.6) is 5.75 Å². The molecular weight excluding hydrogens is 492 g/mol. The van der Waals surface area contributed by atoms with Gasteiger partial charge in [-0.1, -0.05) is 12.1 Å². The first-order chi connectivity index (χ1) is 18.2. The first kappa shape index (κ1) is 29.2. The van der Waals surface area contributed by atoms with Crippen LogP contribution < -0.4 is 27.0 Å². The van der Waals surface area contributed by atoms with Gasteiger partial charge in [0, 0.05) is 6.54 Å². The SMILES string of the molecule is C[C@H]1NC(=O)CNCC(=O)[C@@H]2CCCN2C(=O)[C@H](Cc2ccc(O)cc2)NCCCC(NCC(N)=O)C1=O. The Kier molecular flexibility index (Phi) is 10.7. The maximum Gasteiger partial charge on any atom is 0.240 e. The maximum absolute atomic E-state index is 13.6. The zero-order chi connectivity index (χ0) is 27.7. The van der Waals surface area contributed by atoms with Gasteiger partial charge in [-0.05, 0) is 63.3 Å². The minimum Gasteiger partial charge on any atom is -0.508 e. The Morgan fingerprint density at radius 1 is 1.11 bits per heavy atom. The number of Topliss-reactive ketones (excluding diaryl/α,β-unsaturated/α-hetero) is 2. The highest BCUT2D eigenvalue weighted by Gasteiger charge is 2.37. The molecule has 0 radical (unpaired) electrons. The molecule has 1 aromatic rings. The Hall–Kier alpha value is -3.35. The monoisotopic (exact) mass is 530 g/mol. The van der Waals surface area contributed by atoms with Crippen molar-refractivity contribution in [3.8, 4) is 5.75 Å².